The standard InChI is InChI=1S/C15H24N2OS/c1-4-17-15(18)11-19-14-7-5-13(6-8-14)10-16-9-12(2)3/h5-8,12,16H,4,9-11H2,1-3H3,(H,17,18). The minimum absolute atomic E-state index is 0.0928. The lowest BCUT2D eigenvalue weighted by Gasteiger charge is -2.08. The van der Waals surface area contributed by atoms with E-state index in [4.69, 9.17) is 0 Å². The van der Waals surface area contributed by atoms with Crippen molar-refractivity contribution in [3.63, 3.8) is 0 Å². The summed E-state index contributed by atoms with van der Waals surface area (Å²) in [6.07, 6.45) is 0. The van der Waals surface area contributed by atoms with E-state index in [0.29, 0.717) is 18.2 Å². The molecule has 0 unspecified atom stereocenters. The van der Waals surface area contributed by atoms with Crippen molar-refractivity contribution < 1.29 is 4.79 Å². The van der Waals surface area contributed by atoms with E-state index in [0.717, 1.165) is 18.0 Å². The van der Waals surface area contributed by atoms with Gasteiger partial charge in [0.15, 0.2) is 0 Å². The third-order valence-corrected chi connectivity index (χ3v) is 3.56. The van der Waals surface area contributed by atoms with Crippen LogP contribution in [0.4, 0.5) is 0 Å². The summed E-state index contributed by atoms with van der Waals surface area (Å²) in [6.45, 7) is 8.97. The lowest BCUT2D eigenvalue weighted by Crippen LogP contribution is -2.24. The van der Waals surface area contributed by atoms with Crippen LogP contribution in [-0.4, -0.2) is 24.7 Å². The first-order chi connectivity index (χ1) is 9.11. The summed E-state index contributed by atoms with van der Waals surface area (Å²) in [5.74, 6) is 1.25. The molecule has 0 aliphatic rings. The molecule has 3 nitrogen and oxygen atoms in total. The third kappa shape index (κ3) is 7.23. The van der Waals surface area contributed by atoms with Gasteiger partial charge < -0.3 is 10.6 Å². The molecule has 0 fully saturated rings. The Labute approximate surface area is 120 Å². The van der Waals surface area contributed by atoms with Gasteiger partial charge in [0.2, 0.25) is 5.91 Å². The van der Waals surface area contributed by atoms with E-state index in [9.17, 15) is 4.79 Å². The van der Waals surface area contributed by atoms with Crippen LogP contribution in [0.1, 0.15) is 26.3 Å². The van der Waals surface area contributed by atoms with Gasteiger partial charge >= 0.3 is 0 Å². The summed E-state index contributed by atoms with van der Waals surface area (Å²) in [5, 5.41) is 6.21. The molecule has 1 aromatic carbocycles. The SMILES string of the molecule is CCNC(=O)CSc1ccc(CNCC(C)C)cc1. The number of thioether (sulfide) groups is 1. The van der Waals surface area contributed by atoms with Gasteiger partial charge in [0, 0.05) is 18.0 Å². The predicted octanol–water partition coefficient (Wildman–Crippen LogP) is 2.66. The van der Waals surface area contributed by atoms with Crippen LogP contribution < -0.4 is 10.6 Å². The molecule has 0 atom stereocenters. The molecule has 0 aliphatic heterocycles. The fraction of sp³-hybridized carbons (Fsp3) is 0.533. The maximum atomic E-state index is 11.3. The van der Waals surface area contributed by atoms with Crippen LogP contribution in [0.5, 0.6) is 0 Å². The normalized spacial score (nSPS) is 10.7. The smallest absolute Gasteiger partial charge is 0.230 e. The second kappa shape index (κ2) is 8.99. The molecule has 2 N–H and O–H groups in total. The molecule has 106 valence electrons. The van der Waals surface area contributed by atoms with Gasteiger partial charge in [-0.1, -0.05) is 26.0 Å². The van der Waals surface area contributed by atoms with Gasteiger partial charge in [0.05, 0.1) is 5.75 Å². The molecule has 0 aromatic heterocycles. The summed E-state index contributed by atoms with van der Waals surface area (Å²) >= 11 is 1.57. The van der Waals surface area contributed by atoms with Crippen molar-refractivity contribution in [3.8, 4) is 0 Å². The van der Waals surface area contributed by atoms with Gasteiger partial charge in [-0.05, 0) is 37.1 Å². The number of hydrogen-bond acceptors (Lipinski definition) is 3. The second-order valence-corrected chi connectivity index (χ2v) is 5.96. The molecule has 0 radical (unpaired) electrons. The molecule has 4 heteroatoms. The third-order valence-electron chi connectivity index (χ3n) is 2.55. The van der Waals surface area contributed by atoms with Crippen molar-refractivity contribution in [3.05, 3.63) is 29.8 Å². The predicted molar refractivity (Wildman–Crippen MR) is 82.4 cm³/mol. The highest BCUT2D eigenvalue weighted by molar-refractivity contribution is 8.00. The molecule has 1 aromatic rings. The number of carbonyl (C=O) groups is 1. The fourth-order valence-electron chi connectivity index (χ4n) is 1.61. The maximum absolute atomic E-state index is 11.3. The monoisotopic (exact) mass is 280 g/mol. The Kier molecular flexibility index (Phi) is 7.60. The number of amides is 1. The first-order valence-corrected chi connectivity index (χ1v) is 7.79. The molecule has 19 heavy (non-hydrogen) atoms. The molecule has 0 heterocycles. The van der Waals surface area contributed by atoms with Gasteiger partial charge in [-0.2, -0.15) is 0 Å². The molecule has 0 saturated carbocycles. The Morgan fingerprint density at radius 3 is 2.53 bits per heavy atom. The zero-order chi connectivity index (χ0) is 14.1. The highest BCUT2D eigenvalue weighted by Gasteiger charge is 2.01. The van der Waals surface area contributed by atoms with Crippen molar-refractivity contribution in [1.29, 1.82) is 0 Å². The average Bonchev–Trinajstić information content (AvgIpc) is 2.38. The second-order valence-electron chi connectivity index (χ2n) is 4.91. The summed E-state index contributed by atoms with van der Waals surface area (Å²) < 4.78 is 0. The Morgan fingerprint density at radius 2 is 1.95 bits per heavy atom. The summed E-state index contributed by atoms with van der Waals surface area (Å²) in [5.41, 5.74) is 1.28. The number of rotatable bonds is 8. The fourth-order valence-corrected chi connectivity index (χ4v) is 2.33. The van der Waals surface area contributed by atoms with Crippen LogP contribution in [0, 0.1) is 5.92 Å². The van der Waals surface area contributed by atoms with Crippen LogP contribution in [0.2, 0.25) is 0 Å². The molecular formula is C15H24N2OS. The minimum atomic E-state index is 0.0928. The zero-order valence-corrected chi connectivity index (χ0v) is 12.8. The van der Waals surface area contributed by atoms with Gasteiger partial charge in [0.1, 0.15) is 0 Å². The Balaban J connectivity index is 2.33. The van der Waals surface area contributed by atoms with Crippen LogP contribution >= 0.6 is 11.8 Å². The van der Waals surface area contributed by atoms with Gasteiger partial charge in [-0.25, -0.2) is 0 Å². The highest BCUT2D eigenvalue weighted by Crippen LogP contribution is 2.18. The van der Waals surface area contributed by atoms with Crippen LogP contribution in [0.15, 0.2) is 29.2 Å². The molecule has 1 amide bonds. The van der Waals surface area contributed by atoms with Crippen molar-refractivity contribution in [2.75, 3.05) is 18.8 Å². The molecule has 0 aliphatic carbocycles. The molecule has 1 rings (SSSR count). The van der Waals surface area contributed by atoms with Crippen molar-refractivity contribution >= 4 is 17.7 Å². The maximum Gasteiger partial charge on any atom is 0.230 e. The summed E-state index contributed by atoms with van der Waals surface area (Å²) in [6, 6.07) is 8.40. The highest BCUT2D eigenvalue weighted by atomic mass is 32.2. The average molecular weight is 280 g/mol. The van der Waals surface area contributed by atoms with Gasteiger partial charge in [-0.3, -0.25) is 4.79 Å². The van der Waals surface area contributed by atoms with Gasteiger partial charge in [0.25, 0.3) is 0 Å². The zero-order valence-electron chi connectivity index (χ0n) is 12.0. The summed E-state index contributed by atoms with van der Waals surface area (Å²) in [4.78, 5) is 12.5. The Morgan fingerprint density at radius 1 is 1.26 bits per heavy atom. The lowest BCUT2D eigenvalue weighted by atomic mass is 10.2. The first-order valence-electron chi connectivity index (χ1n) is 6.81. The van der Waals surface area contributed by atoms with E-state index in [1.54, 1.807) is 11.8 Å². The molecule has 0 spiro atoms. The van der Waals surface area contributed by atoms with Crippen LogP contribution in [-0.2, 0) is 11.3 Å². The Bertz CT molecular complexity index is 376. The van der Waals surface area contributed by atoms with E-state index >= 15 is 0 Å². The van der Waals surface area contributed by atoms with Crippen LogP contribution in [0.25, 0.3) is 0 Å². The quantitative estimate of drug-likeness (QED) is 0.719. The van der Waals surface area contributed by atoms with Crippen molar-refractivity contribution in [1.82, 2.24) is 10.6 Å². The summed E-state index contributed by atoms with van der Waals surface area (Å²) in [7, 11) is 0. The van der Waals surface area contributed by atoms with E-state index in [1.165, 1.54) is 5.56 Å². The lowest BCUT2D eigenvalue weighted by molar-refractivity contribution is -0.118. The number of benzene rings is 1. The van der Waals surface area contributed by atoms with E-state index in [1.807, 2.05) is 6.92 Å². The number of nitrogens with one attached hydrogen (secondary N) is 2. The van der Waals surface area contributed by atoms with E-state index in [-0.39, 0.29) is 5.91 Å². The molecule has 0 bridgehead atoms. The Hall–Kier alpha value is -1.00. The van der Waals surface area contributed by atoms with Crippen molar-refractivity contribution in [2.45, 2.75) is 32.2 Å². The topological polar surface area (TPSA) is 41.1 Å². The van der Waals surface area contributed by atoms with Gasteiger partial charge in [-0.15, -0.1) is 11.8 Å². The van der Waals surface area contributed by atoms with E-state index < -0.39 is 0 Å². The first kappa shape index (κ1) is 16.1. The van der Waals surface area contributed by atoms with Crippen molar-refractivity contribution in [2.24, 2.45) is 5.92 Å². The van der Waals surface area contributed by atoms with E-state index in [2.05, 4.69) is 48.7 Å². The minimum Gasteiger partial charge on any atom is -0.356 e. The molecular weight excluding hydrogens is 256 g/mol. The van der Waals surface area contributed by atoms with Crippen LogP contribution in [0.3, 0.4) is 0 Å². The largest absolute Gasteiger partial charge is 0.356 e. The number of carbonyl (C=O) groups excluding carboxylic acids is 1. The number of hydrogen-bond donors (Lipinski definition) is 2. The molecule has 0 saturated heterocycles.